The fourth-order valence-electron chi connectivity index (χ4n) is 1.94. The highest BCUT2D eigenvalue weighted by Gasteiger charge is 2.20. The van der Waals surface area contributed by atoms with E-state index in [0.29, 0.717) is 23.3 Å². The molecule has 24 heavy (non-hydrogen) atoms. The molecule has 6 nitrogen and oxygen atoms in total. The van der Waals surface area contributed by atoms with Gasteiger partial charge >= 0.3 is 0 Å². The van der Waals surface area contributed by atoms with Gasteiger partial charge in [0.2, 0.25) is 10.0 Å². The molecular weight excluding hydrogens is 362 g/mol. The third-order valence-corrected chi connectivity index (χ3v) is 5.67. The summed E-state index contributed by atoms with van der Waals surface area (Å²) < 4.78 is 75.9. The first kappa shape index (κ1) is 18.3. The molecule has 10 heteroatoms. The van der Waals surface area contributed by atoms with Crippen molar-refractivity contribution in [3.63, 3.8) is 0 Å². The van der Waals surface area contributed by atoms with E-state index in [9.17, 15) is 25.6 Å². The summed E-state index contributed by atoms with van der Waals surface area (Å²) in [4.78, 5) is -0.770. The highest BCUT2D eigenvalue weighted by molar-refractivity contribution is 7.92. The van der Waals surface area contributed by atoms with E-state index < -0.39 is 36.6 Å². The Hall–Kier alpha value is -2.04. The molecule has 2 rings (SSSR count). The predicted molar refractivity (Wildman–Crippen MR) is 84.5 cm³/mol. The van der Waals surface area contributed by atoms with Gasteiger partial charge in [0.25, 0.3) is 10.0 Å². The Morgan fingerprint density at radius 3 is 2.08 bits per heavy atom. The van der Waals surface area contributed by atoms with Gasteiger partial charge in [-0.3, -0.25) is 4.72 Å². The fraction of sp³-hybridized carbons (Fsp3) is 0.143. The minimum absolute atomic E-state index is 0.0243. The molecule has 0 aliphatic rings. The maximum atomic E-state index is 13.2. The second-order valence-corrected chi connectivity index (χ2v) is 8.38. The zero-order valence-electron chi connectivity index (χ0n) is 12.7. The molecule has 3 N–H and O–H groups in total. The number of sulfonamides is 2. The van der Waals surface area contributed by atoms with Crippen LogP contribution in [0.1, 0.15) is 11.1 Å². The lowest BCUT2D eigenvalue weighted by Crippen LogP contribution is -2.17. The molecule has 0 atom stereocenters. The molecule has 0 unspecified atom stereocenters. The lowest BCUT2D eigenvalue weighted by molar-refractivity contribution is 0.504. The molecular formula is C14H14F2N2O4S2. The van der Waals surface area contributed by atoms with Crippen LogP contribution in [0.2, 0.25) is 0 Å². The topological polar surface area (TPSA) is 106 Å². The SMILES string of the molecule is Cc1cc(S(N)(=O)=O)cc(NS(=O)(=O)c2ccc(F)c(F)c2)c1C. The lowest BCUT2D eigenvalue weighted by Gasteiger charge is -2.14. The van der Waals surface area contributed by atoms with Gasteiger partial charge in [0.15, 0.2) is 11.6 Å². The number of nitrogens with two attached hydrogens (primary N) is 1. The van der Waals surface area contributed by atoms with Crippen LogP contribution in [0.5, 0.6) is 0 Å². The first-order valence-corrected chi connectivity index (χ1v) is 9.56. The summed E-state index contributed by atoms with van der Waals surface area (Å²) in [5, 5.41) is 5.06. The third kappa shape index (κ3) is 3.71. The van der Waals surface area contributed by atoms with Crippen molar-refractivity contribution in [1.29, 1.82) is 0 Å². The molecule has 2 aromatic carbocycles. The zero-order valence-corrected chi connectivity index (χ0v) is 14.3. The second kappa shape index (κ2) is 6.11. The standard InChI is InChI=1S/C14H14F2N2O4S2/c1-8-5-11(23(17,19)20)7-14(9(8)2)18-24(21,22)10-3-4-12(15)13(16)6-10/h3-7,18H,1-2H3,(H2,17,19,20). The second-order valence-electron chi connectivity index (χ2n) is 5.14. The Bertz CT molecular complexity index is 1020. The van der Waals surface area contributed by atoms with Crippen molar-refractivity contribution in [1.82, 2.24) is 0 Å². The number of primary sulfonamides is 1. The number of benzene rings is 2. The number of anilines is 1. The molecule has 2 aromatic rings. The molecule has 0 aliphatic carbocycles. The normalized spacial score (nSPS) is 12.2. The first-order valence-electron chi connectivity index (χ1n) is 6.54. The number of hydrogen-bond acceptors (Lipinski definition) is 4. The largest absolute Gasteiger partial charge is 0.279 e. The van der Waals surface area contributed by atoms with Crippen molar-refractivity contribution in [2.75, 3.05) is 4.72 Å². The number of rotatable bonds is 4. The van der Waals surface area contributed by atoms with Crippen molar-refractivity contribution in [3.8, 4) is 0 Å². The summed E-state index contributed by atoms with van der Waals surface area (Å²) in [5.74, 6) is -2.50. The molecule has 0 fully saturated rings. The van der Waals surface area contributed by atoms with Gasteiger partial charge in [0.1, 0.15) is 0 Å². The molecule has 0 amide bonds. The molecule has 130 valence electrons. The van der Waals surface area contributed by atoms with E-state index in [1.165, 1.54) is 6.07 Å². The van der Waals surface area contributed by atoms with Gasteiger partial charge in [0.05, 0.1) is 15.5 Å². The average molecular weight is 376 g/mol. The van der Waals surface area contributed by atoms with E-state index in [0.717, 1.165) is 12.1 Å². The minimum atomic E-state index is -4.25. The molecule has 0 heterocycles. The Balaban J connectivity index is 2.53. The van der Waals surface area contributed by atoms with Gasteiger partial charge in [-0.15, -0.1) is 0 Å². The Morgan fingerprint density at radius 1 is 0.917 bits per heavy atom. The van der Waals surface area contributed by atoms with E-state index >= 15 is 0 Å². The van der Waals surface area contributed by atoms with Crippen LogP contribution in [-0.4, -0.2) is 16.8 Å². The highest BCUT2D eigenvalue weighted by Crippen LogP contribution is 2.26. The van der Waals surface area contributed by atoms with Crippen molar-refractivity contribution < 1.29 is 25.6 Å². The van der Waals surface area contributed by atoms with E-state index in [-0.39, 0.29) is 10.6 Å². The maximum Gasteiger partial charge on any atom is 0.262 e. The molecule has 0 saturated heterocycles. The van der Waals surface area contributed by atoms with Crippen LogP contribution < -0.4 is 9.86 Å². The molecule has 0 bridgehead atoms. The van der Waals surface area contributed by atoms with Crippen LogP contribution in [-0.2, 0) is 20.0 Å². The van der Waals surface area contributed by atoms with Gasteiger partial charge in [-0.05, 0) is 55.3 Å². The summed E-state index contributed by atoms with van der Waals surface area (Å²) in [6.07, 6.45) is 0. The maximum absolute atomic E-state index is 13.2. The highest BCUT2D eigenvalue weighted by atomic mass is 32.2. The number of nitrogens with one attached hydrogen (secondary N) is 1. The zero-order chi connectivity index (χ0) is 18.3. The Morgan fingerprint density at radius 2 is 1.54 bits per heavy atom. The van der Waals surface area contributed by atoms with Crippen molar-refractivity contribution in [2.45, 2.75) is 23.6 Å². The average Bonchev–Trinajstić information content (AvgIpc) is 2.45. The lowest BCUT2D eigenvalue weighted by atomic mass is 10.1. The third-order valence-electron chi connectivity index (χ3n) is 3.42. The van der Waals surface area contributed by atoms with E-state index in [1.807, 2.05) is 0 Å². The van der Waals surface area contributed by atoms with Crippen LogP contribution >= 0.6 is 0 Å². The van der Waals surface area contributed by atoms with E-state index in [4.69, 9.17) is 5.14 Å². The predicted octanol–water partition coefficient (Wildman–Crippen LogP) is 2.03. The molecule has 0 aromatic heterocycles. The monoisotopic (exact) mass is 376 g/mol. The van der Waals surface area contributed by atoms with Crippen molar-refractivity contribution in [2.24, 2.45) is 5.14 Å². The summed E-state index contributed by atoms with van der Waals surface area (Å²) in [7, 11) is -8.29. The summed E-state index contributed by atoms with van der Waals surface area (Å²) >= 11 is 0. The van der Waals surface area contributed by atoms with Crippen LogP contribution in [0.25, 0.3) is 0 Å². The van der Waals surface area contributed by atoms with Gasteiger partial charge < -0.3 is 0 Å². The quantitative estimate of drug-likeness (QED) is 0.851. The summed E-state index contributed by atoms with van der Waals surface area (Å²) in [6.45, 7) is 3.16. The van der Waals surface area contributed by atoms with Gasteiger partial charge in [-0.1, -0.05) is 0 Å². The van der Waals surface area contributed by atoms with Crippen molar-refractivity contribution >= 4 is 25.7 Å². The van der Waals surface area contributed by atoms with Gasteiger partial charge in [0, 0.05) is 0 Å². The van der Waals surface area contributed by atoms with E-state index in [1.54, 1.807) is 13.8 Å². The number of halogens is 2. The van der Waals surface area contributed by atoms with Crippen LogP contribution in [0, 0.1) is 25.5 Å². The Kier molecular flexibility index (Phi) is 4.66. The van der Waals surface area contributed by atoms with Crippen LogP contribution in [0.15, 0.2) is 40.1 Å². The molecule has 0 saturated carbocycles. The summed E-state index contributed by atoms with van der Waals surface area (Å²) in [6, 6.07) is 4.48. The van der Waals surface area contributed by atoms with Crippen LogP contribution in [0.3, 0.4) is 0 Å². The Labute approximate surface area is 138 Å². The first-order chi connectivity index (χ1) is 10.9. The van der Waals surface area contributed by atoms with Gasteiger partial charge in [-0.25, -0.2) is 30.8 Å². The molecule has 0 radical (unpaired) electrons. The number of hydrogen-bond donors (Lipinski definition) is 2. The number of aryl methyl sites for hydroxylation is 1. The van der Waals surface area contributed by atoms with Crippen molar-refractivity contribution in [3.05, 3.63) is 53.1 Å². The van der Waals surface area contributed by atoms with Crippen LogP contribution in [0.4, 0.5) is 14.5 Å². The summed E-state index contributed by atoms with van der Waals surface area (Å²) in [5.41, 5.74) is 0.932. The minimum Gasteiger partial charge on any atom is -0.279 e. The van der Waals surface area contributed by atoms with E-state index in [2.05, 4.69) is 4.72 Å². The smallest absolute Gasteiger partial charge is 0.262 e. The molecule has 0 aliphatic heterocycles. The fourth-order valence-corrected chi connectivity index (χ4v) is 3.69. The molecule has 0 spiro atoms. The van der Waals surface area contributed by atoms with Gasteiger partial charge in [-0.2, -0.15) is 0 Å².